The minimum Gasteiger partial charge on any atom is -0.485 e. The molecule has 0 fully saturated rings. The van der Waals surface area contributed by atoms with Gasteiger partial charge in [0.2, 0.25) is 5.91 Å². The van der Waals surface area contributed by atoms with Gasteiger partial charge < -0.3 is 14.6 Å². The monoisotopic (exact) mass is 427 g/mol. The summed E-state index contributed by atoms with van der Waals surface area (Å²) in [5, 5.41) is 22.3. The lowest BCUT2D eigenvalue weighted by Gasteiger charge is -2.10. The second-order valence-corrected chi connectivity index (χ2v) is 7.60. The molecule has 30 heavy (non-hydrogen) atoms. The molecule has 9 nitrogen and oxygen atoms in total. The van der Waals surface area contributed by atoms with Gasteiger partial charge in [0.25, 0.3) is 5.69 Å². The molecular weight excluding hydrogens is 406 g/mol. The Kier molecular flexibility index (Phi) is 6.68. The molecule has 0 aliphatic carbocycles. The Balaban J connectivity index is 1.56. The lowest BCUT2D eigenvalue weighted by atomic mass is 10.1. The van der Waals surface area contributed by atoms with Crippen molar-refractivity contribution in [3.63, 3.8) is 0 Å². The molecule has 3 rings (SSSR count). The minimum atomic E-state index is -0.508. The van der Waals surface area contributed by atoms with Gasteiger partial charge in [-0.05, 0) is 37.1 Å². The first-order chi connectivity index (χ1) is 14.3. The molecule has 1 aromatic heterocycles. The Morgan fingerprint density at radius 2 is 2.03 bits per heavy atom. The van der Waals surface area contributed by atoms with Gasteiger partial charge >= 0.3 is 0 Å². The van der Waals surface area contributed by atoms with Gasteiger partial charge in [-0.1, -0.05) is 30.0 Å². The van der Waals surface area contributed by atoms with Crippen LogP contribution in [0.25, 0.3) is 0 Å². The van der Waals surface area contributed by atoms with E-state index >= 15 is 0 Å². The molecule has 0 saturated heterocycles. The molecule has 0 aliphatic heterocycles. The maximum absolute atomic E-state index is 12.2. The number of non-ortho nitro benzene ring substituents is 1. The van der Waals surface area contributed by atoms with E-state index < -0.39 is 4.92 Å². The van der Waals surface area contributed by atoms with Crippen molar-refractivity contribution in [2.75, 3.05) is 11.1 Å². The number of nitro benzene ring substituents is 1. The van der Waals surface area contributed by atoms with Gasteiger partial charge in [-0.25, -0.2) is 0 Å². The fourth-order valence-corrected chi connectivity index (χ4v) is 3.36. The van der Waals surface area contributed by atoms with Crippen LogP contribution >= 0.6 is 11.8 Å². The molecule has 0 unspecified atom stereocenters. The molecular formula is C20H21N5O4S. The number of nitrogens with one attached hydrogen (secondary N) is 1. The van der Waals surface area contributed by atoms with Gasteiger partial charge in [-0.3, -0.25) is 14.9 Å². The first-order valence-corrected chi connectivity index (χ1v) is 10.1. The lowest BCUT2D eigenvalue weighted by Crippen LogP contribution is -2.14. The smallest absolute Gasteiger partial charge is 0.271 e. The maximum Gasteiger partial charge on any atom is 0.271 e. The summed E-state index contributed by atoms with van der Waals surface area (Å²) < 4.78 is 7.64. The Bertz CT molecular complexity index is 1080. The lowest BCUT2D eigenvalue weighted by molar-refractivity contribution is -0.384. The molecule has 1 N–H and O–H groups in total. The van der Waals surface area contributed by atoms with Crippen molar-refractivity contribution in [3.8, 4) is 5.75 Å². The van der Waals surface area contributed by atoms with Crippen LogP contribution in [0.1, 0.15) is 17.0 Å². The zero-order valence-corrected chi connectivity index (χ0v) is 17.6. The third kappa shape index (κ3) is 5.35. The molecule has 1 amide bonds. The predicted molar refractivity (Wildman–Crippen MR) is 114 cm³/mol. The average Bonchev–Trinajstić information content (AvgIpc) is 3.07. The van der Waals surface area contributed by atoms with Crippen LogP contribution in [0.2, 0.25) is 0 Å². The number of nitro groups is 1. The zero-order valence-electron chi connectivity index (χ0n) is 16.8. The molecule has 1 heterocycles. The van der Waals surface area contributed by atoms with Crippen LogP contribution < -0.4 is 10.1 Å². The molecule has 0 radical (unpaired) electrons. The van der Waals surface area contributed by atoms with Crippen molar-refractivity contribution in [1.82, 2.24) is 14.8 Å². The number of aromatic nitrogens is 3. The van der Waals surface area contributed by atoms with E-state index in [0.29, 0.717) is 16.7 Å². The number of aryl methyl sites for hydroxylation is 2. The number of rotatable bonds is 8. The number of carbonyl (C=O) groups is 1. The Morgan fingerprint density at radius 1 is 1.23 bits per heavy atom. The van der Waals surface area contributed by atoms with Crippen molar-refractivity contribution in [1.29, 1.82) is 0 Å². The van der Waals surface area contributed by atoms with E-state index in [-0.39, 0.29) is 24.0 Å². The molecule has 156 valence electrons. The third-order valence-corrected chi connectivity index (χ3v) is 5.32. The molecule has 0 spiro atoms. The highest BCUT2D eigenvalue weighted by molar-refractivity contribution is 7.99. The topological polar surface area (TPSA) is 112 Å². The number of hydrogen-bond acceptors (Lipinski definition) is 7. The third-order valence-electron chi connectivity index (χ3n) is 4.30. The average molecular weight is 427 g/mol. The van der Waals surface area contributed by atoms with Crippen LogP contribution in [0.5, 0.6) is 5.75 Å². The molecule has 10 heteroatoms. The number of thioether (sulfide) groups is 1. The van der Waals surface area contributed by atoms with Gasteiger partial charge in [-0.15, -0.1) is 10.2 Å². The summed E-state index contributed by atoms with van der Waals surface area (Å²) in [6, 6.07) is 11.8. The molecule has 0 bridgehead atoms. The second-order valence-electron chi connectivity index (χ2n) is 6.66. The summed E-state index contributed by atoms with van der Waals surface area (Å²) in [7, 11) is 1.81. The summed E-state index contributed by atoms with van der Waals surface area (Å²) in [4.78, 5) is 22.5. The van der Waals surface area contributed by atoms with Gasteiger partial charge in [0.1, 0.15) is 12.4 Å². The van der Waals surface area contributed by atoms with Crippen molar-refractivity contribution < 1.29 is 14.5 Å². The largest absolute Gasteiger partial charge is 0.485 e. The number of carbonyl (C=O) groups excluding carboxylic acids is 1. The SMILES string of the molecule is Cc1ccc(C)c(OCc2nnc(SCC(=O)Nc3cccc([N+](=O)[O-])c3)n2C)c1. The summed E-state index contributed by atoms with van der Waals surface area (Å²) in [5.74, 6) is 1.23. The van der Waals surface area contributed by atoms with E-state index in [1.807, 2.05) is 39.1 Å². The molecule has 2 aromatic carbocycles. The first kappa shape index (κ1) is 21.3. The zero-order chi connectivity index (χ0) is 21.7. The van der Waals surface area contributed by atoms with Crippen LogP contribution in [0.15, 0.2) is 47.6 Å². The first-order valence-electron chi connectivity index (χ1n) is 9.09. The van der Waals surface area contributed by atoms with E-state index in [4.69, 9.17) is 4.74 Å². The van der Waals surface area contributed by atoms with Crippen molar-refractivity contribution >= 4 is 29.0 Å². The Hall–Kier alpha value is -3.40. The van der Waals surface area contributed by atoms with E-state index in [1.54, 1.807) is 10.6 Å². The number of nitrogens with zero attached hydrogens (tertiary/aromatic N) is 4. The number of hydrogen-bond donors (Lipinski definition) is 1. The van der Waals surface area contributed by atoms with Crippen molar-refractivity contribution in [2.24, 2.45) is 7.05 Å². The van der Waals surface area contributed by atoms with Crippen LogP contribution in [0.3, 0.4) is 0 Å². The van der Waals surface area contributed by atoms with Crippen LogP contribution in [0, 0.1) is 24.0 Å². The number of amides is 1. The Morgan fingerprint density at radius 3 is 2.80 bits per heavy atom. The summed E-state index contributed by atoms with van der Waals surface area (Å²) in [5.41, 5.74) is 2.44. The molecule has 0 aliphatic rings. The summed E-state index contributed by atoms with van der Waals surface area (Å²) in [6.45, 7) is 4.24. The number of anilines is 1. The normalized spacial score (nSPS) is 10.6. The van der Waals surface area contributed by atoms with Crippen molar-refractivity contribution in [3.05, 3.63) is 69.5 Å². The quantitative estimate of drug-likeness (QED) is 0.332. The molecule has 0 saturated carbocycles. The number of ether oxygens (including phenoxy) is 1. The summed E-state index contributed by atoms with van der Waals surface area (Å²) in [6.07, 6.45) is 0. The van der Waals surface area contributed by atoms with Gasteiger partial charge in [-0.2, -0.15) is 0 Å². The van der Waals surface area contributed by atoms with E-state index in [2.05, 4.69) is 15.5 Å². The van der Waals surface area contributed by atoms with Gasteiger partial charge in [0.15, 0.2) is 11.0 Å². The summed E-state index contributed by atoms with van der Waals surface area (Å²) >= 11 is 1.22. The van der Waals surface area contributed by atoms with Crippen molar-refractivity contribution in [2.45, 2.75) is 25.6 Å². The predicted octanol–water partition coefficient (Wildman–Crippen LogP) is 3.65. The molecule has 3 aromatic rings. The fourth-order valence-electron chi connectivity index (χ4n) is 2.63. The van der Waals surface area contributed by atoms with Crippen LogP contribution in [-0.2, 0) is 18.4 Å². The van der Waals surface area contributed by atoms with Crippen LogP contribution in [-0.4, -0.2) is 31.3 Å². The highest BCUT2D eigenvalue weighted by Crippen LogP contribution is 2.22. The van der Waals surface area contributed by atoms with Gasteiger partial charge in [0, 0.05) is 24.9 Å². The van der Waals surface area contributed by atoms with E-state index in [1.165, 1.54) is 30.0 Å². The standard InChI is InChI=1S/C20H21N5O4S/c1-13-7-8-14(2)17(9-13)29-11-18-22-23-20(24(18)3)30-12-19(26)21-15-5-4-6-16(10-15)25(27)28/h4-10H,11-12H2,1-3H3,(H,21,26). The second kappa shape index (κ2) is 9.40. The highest BCUT2D eigenvalue weighted by Gasteiger charge is 2.13. The van der Waals surface area contributed by atoms with E-state index in [9.17, 15) is 14.9 Å². The maximum atomic E-state index is 12.2. The van der Waals surface area contributed by atoms with Crippen LogP contribution in [0.4, 0.5) is 11.4 Å². The van der Waals surface area contributed by atoms with Gasteiger partial charge in [0.05, 0.1) is 10.7 Å². The fraction of sp³-hybridized carbons (Fsp3) is 0.250. The Labute approximate surface area is 177 Å². The van der Waals surface area contributed by atoms with E-state index in [0.717, 1.165) is 16.9 Å². The number of benzene rings is 2. The minimum absolute atomic E-state index is 0.0813. The molecule has 0 atom stereocenters. The highest BCUT2D eigenvalue weighted by atomic mass is 32.2.